The summed E-state index contributed by atoms with van der Waals surface area (Å²) in [5, 5.41) is 15.1. The van der Waals surface area contributed by atoms with E-state index in [1.807, 2.05) is 74.5 Å². The lowest BCUT2D eigenvalue weighted by molar-refractivity contribution is -0.116. The first kappa shape index (κ1) is 20.0. The van der Waals surface area contributed by atoms with E-state index in [1.165, 1.54) is 0 Å². The summed E-state index contributed by atoms with van der Waals surface area (Å²) < 4.78 is 5.84. The van der Waals surface area contributed by atoms with Gasteiger partial charge in [0.25, 0.3) is 0 Å². The standard InChI is InChI=1S/C24H23N3O2/c1-17-7-3-4-12-23(17)27-24(28)18(2)26-21-10-6-11-22(14-21)29-16-20-9-5-8-19(13-20)15-25/h3-14,18,26H,16H2,1-2H3,(H,27,28). The van der Waals surface area contributed by atoms with Crippen LogP contribution in [0.5, 0.6) is 5.75 Å². The molecule has 3 aromatic carbocycles. The Hall–Kier alpha value is -3.78. The van der Waals surface area contributed by atoms with E-state index in [9.17, 15) is 4.79 Å². The summed E-state index contributed by atoms with van der Waals surface area (Å²) in [6.45, 7) is 4.14. The summed E-state index contributed by atoms with van der Waals surface area (Å²) in [4.78, 5) is 12.5. The van der Waals surface area contributed by atoms with E-state index >= 15 is 0 Å². The molecule has 0 fully saturated rings. The summed E-state index contributed by atoms with van der Waals surface area (Å²) >= 11 is 0. The molecule has 0 saturated carbocycles. The molecule has 0 spiro atoms. The van der Waals surface area contributed by atoms with E-state index < -0.39 is 6.04 Å². The highest BCUT2D eigenvalue weighted by Gasteiger charge is 2.14. The Bertz CT molecular complexity index is 1040. The maximum atomic E-state index is 12.5. The first-order valence-corrected chi connectivity index (χ1v) is 9.40. The van der Waals surface area contributed by atoms with Gasteiger partial charge in [-0.2, -0.15) is 5.26 Å². The molecule has 0 aliphatic heterocycles. The molecule has 2 N–H and O–H groups in total. The van der Waals surface area contributed by atoms with Crippen molar-refractivity contribution < 1.29 is 9.53 Å². The number of amides is 1. The van der Waals surface area contributed by atoms with Gasteiger partial charge in [0.05, 0.1) is 11.6 Å². The molecule has 0 radical (unpaired) electrons. The molecule has 5 heteroatoms. The molecule has 0 aliphatic rings. The van der Waals surface area contributed by atoms with Crippen LogP contribution in [0.2, 0.25) is 0 Å². The third kappa shape index (κ3) is 5.60. The molecule has 29 heavy (non-hydrogen) atoms. The maximum Gasteiger partial charge on any atom is 0.246 e. The average Bonchev–Trinajstić information content (AvgIpc) is 2.74. The van der Waals surface area contributed by atoms with Crippen molar-refractivity contribution in [3.05, 3.63) is 89.5 Å². The van der Waals surface area contributed by atoms with Crippen molar-refractivity contribution in [2.24, 2.45) is 0 Å². The van der Waals surface area contributed by atoms with Crippen LogP contribution >= 0.6 is 0 Å². The van der Waals surface area contributed by atoms with Crippen molar-refractivity contribution in [3.8, 4) is 11.8 Å². The molecule has 0 saturated heterocycles. The van der Waals surface area contributed by atoms with Crippen LogP contribution < -0.4 is 15.4 Å². The zero-order chi connectivity index (χ0) is 20.6. The Morgan fingerprint density at radius 1 is 1.07 bits per heavy atom. The summed E-state index contributed by atoms with van der Waals surface area (Å²) in [5.41, 5.74) is 4.15. The molecular weight excluding hydrogens is 362 g/mol. The molecule has 0 aliphatic carbocycles. The van der Waals surface area contributed by atoms with E-state index in [2.05, 4.69) is 16.7 Å². The third-order valence-electron chi connectivity index (χ3n) is 4.48. The number of aryl methyl sites for hydroxylation is 1. The van der Waals surface area contributed by atoms with Crippen LogP contribution in [0.25, 0.3) is 0 Å². The molecule has 1 atom stereocenters. The minimum atomic E-state index is -0.419. The Balaban J connectivity index is 1.59. The van der Waals surface area contributed by atoms with Crippen molar-refractivity contribution in [3.63, 3.8) is 0 Å². The van der Waals surface area contributed by atoms with Crippen molar-refractivity contribution in [2.45, 2.75) is 26.5 Å². The van der Waals surface area contributed by atoms with Gasteiger partial charge in [0.15, 0.2) is 0 Å². The summed E-state index contributed by atoms with van der Waals surface area (Å²) in [5.74, 6) is 0.572. The summed E-state index contributed by atoms with van der Waals surface area (Å²) in [7, 11) is 0. The second-order valence-electron chi connectivity index (χ2n) is 6.80. The predicted octanol–water partition coefficient (Wildman–Crippen LogP) is 4.88. The van der Waals surface area contributed by atoms with Crippen LogP contribution in [0.3, 0.4) is 0 Å². The number of anilines is 2. The highest BCUT2D eigenvalue weighted by atomic mass is 16.5. The Labute approximate surface area is 171 Å². The second-order valence-corrected chi connectivity index (χ2v) is 6.80. The number of benzene rings is 3. The number of ether oxygens (including phenoxy) is 1. The smallest absolute Gasteiger partial charge is 0.246 e. The van der Waals surface area contributed by atoms with Crippen molar-refractivity contribution >= 4 is 17.3 Å². The van der Waals surface area contributed by atoms with Gasteiger partial charge in [-0.1, -0.05) is 36.4 Å². The lowest BCUT2D eigenvalue weighted by atomic mass is 10.1. The molecule has 1 unspecified atom stereocenters. The van der Waals surface area contributed by atoms with Gasteiger partial charge in [0, 0.05) is 17.4 Å². The SMILES string of the molecule is Cc1ccccc1NC(=O)C(C)Nc1cccc(OCc2cccc(C#N)c2)c1. The lowest BCUT2D eigenvalue weighted by Crippen LogP contribution is -2.32. The number of para-hydroxylation sites is 1. The third-order valence-corrected chi connectivity index (χ3v) is 4.48. The van der Waals surface area contributed by atoms with E-state index in [0.29, 0.717) is 17.9 Å². The minimum absolute atomic E-state index is 0.112. The fourth-order valence-corrected chi connectivity index (χ4v) is 2.84. The molecular formula is C24H23N3O2. The van der Waals surface area contributed by atoms with Crippen LogP contribution in [-0.4, -0.2) is 11.9 Å². The zero-order valence-electron chi connectivity index (χ0n) is 16.5. The van der Waals surface area contributed by atoms with Gasteiger partial charge in [-0.05, 0) is 55.3 Å². The topological polar surface area (TPSA) is 74.2 Å². The van der Waals surface area contributed by atoms with Crippen LogP contribution in [0.1, 0.15) is 23.6 Å². The van der Waals surface area contributed by atoms with Gasteiger partial charge in [0.2, 0.25) is 5.91 Å². The summed E-state index contributed by atoms with van der Waals surface area (Å²) in [6.07, 6.45) is 0. The second kappa shape index (κ2) is 9.43. The number of hydrogen-bond donors (Lipinski definition) is 2. The normalized spacial score (nSPS) is 11.2. The van der Waals surface area contributed by atoms with Crippen molar-refractivity contribution in [2.75, 3.05) is 10.6 Å². The van der Waals surface area contributed by atoms with Crippen LogP contribution in [0, 0.1) is 18.3 Å². The molecule has 0 heterocycles. The minimum Gasteiger partial charge on any atom is -0.489 e. The average molecular weight is 385 g/mol. The molecule has 0 bridgehead atoms. The van der Waals surface area contributed by atoms with Gasteiger partial charge in [-0.15, -0.1) is 0 Å². The first-order chi connectivity index (χ1) is 14.0. The van der Waals surface area contributed by atoms with Gasteiger partial charge < -0.3 is 15.4 Å². The number of nitrogens with zero attached hydrogens (tertiary/aromatic N) is 1. The molecule has 146 valence electrons. The van der Waals surface area contributed by atoms with E-state index in [0.717, 1.165) is 22.5 Å². The van der Waals surface area contributed by atoms with Crippen LogP contribution in [0.4, 0.5) is 11.4 Å². The number of carbonyl (C=O) groups excluding carboxylic acids is 1. The number of rotatable bonds is 7. The van der Waals surface area contributed by atoms with Gasteiger partial charge >= 0.3 is 0 Å². The maximum absolute atomic E-state index is 12.5. The largest absolute Gasteiger partial charge is 0.489 e. The lowest BCUT2D eigenvalue weighted by Gasteiger charge is -2.17. The van der Waals surface area contributed by atoms with Gasteiger partial charge in [-0.25, -0.2) is 0 Å². The molecule has 5 nitrogen and oxygen atoms in total. The number of carbonyl (C=O) groups is 1. The fraction of sp³-hybridized carbons (Fsp3) is 0.167. The van der Waals surface area contributed by atoms with E-state index in [-0.39, 0.29) is 5.91 Å². The summed E-state index contributed by atoms with van der Waals surface area (Å²) in [6, 6.07) is 24.2. The highest BCUT2D eigenvalue weighted by Crippen LogP contribution is 2.20. The Kier molecular flexibility index (Phi) is 6.49. The molecule has 0 aromatic heterocycles. The number of nitrogens with one attached hydrogen (secondary N) is 2. The van der Waals surface area contributed by atoms with Gasteiger partial charge in [-0.3, -0.25) is 4.79 Å². The number of hydrogen-bond acceptors (Lipinski definition) is 4. The number of nitriles is 1. The zero-order valence-corrected chi connectivity index (χ0v) is 16.5. The van der Waals surface area contributed by atoms with Crippen LogP contribution in [0.15, 0.2) is 72.8 Å². The van der Waals surface area contributed by atoms with E-state index in [4.69, 9.17) is 10.00 Å². The molecule has 1 amide bonds. The van der Waals surface area contributed by atoms with Crippen LogP contribution in [-0.2, 0) is 11.4 Å². The monoisotopic (exact) mass is 385 g/mol. The molecule has 3 rings (SSSR count). The first-order valence-electron chi connectivity index (χ1n) is 9.40. The fourth-order valence-electron chi connectivity index (χ4n) is 2.84. The van der Waals surface area contributed by atoms with Gasteiger partial charge in [0.1, 0.15) is 18.4 Å². The Morgan fingerprint density at radius 3 is 2.66 bits per heavy atom. The van der Waals surface area contributed by atoms with Crippen molar-refractivity contribution in [1.82, 2.24) is 0 Å². The Morgan fingerprint density at radius 2 is 1.86 bits per heavy atom. The highest BCUT2D eigenvalue weighted by molar-refractivity contribution is 5.96. The quantitative estimate of drug-likeness (QED) is 0.608. The predicted molar refractivity (Wildman–Crippen MR) is 115 cm³/mol. The molecule has 3 aromatic rings. The van der Waals surface area contributed by atoms with E-state index in [1.54, 1.807) is 12.1 Å². The van der Waals surface area contributed by atoms with Crippen molar-refractivity contribution in [1.29, 1.82) is 5.26 Å².